The predicted octanol–water partition coefficient (Wildman–Crippen LogP) is 3.12. The van der Waals surface area contributed by atoms with Crippen molar-refractivity contribution < 1.29 is 8.78 Å². The molecular weight excluding hydrogens is 348 g/mol. The number of fused-ring (bicyclic) bond motifs is 1. The van der Waals surface area contributed by atoms with Crippen molar-refractivity contribution in [1.82, 2.24) is 20.3 Å². The summed E-state index contributed by atoms with van der Waals surface area (Å²) in [6, 6.07) is 9.51. The molecule has 1 aliphatic rings. The van der Waals surface area contributed by atoms with Crippen LogP contribution in [0.4, 0.5) is 14.6 Å². The number of nitrogens with one attached hydrogen (secondary N) is 2. The quantitative estimate of drug-likeness (QED) is 0.742. The van der Waals surface area contributed by atoms with E-state index in [0.717, 1.165) is 43.3 Å². The normalized spacial score (nSPS) is 13.7. The van der Waals surface area contributed by atoms with Gasteiger partial charge in [0.2, 0.25) is 0 Å². The first-order valence-corrected chi connectivity index (χ1v) is 8.90. The summed E-state index contributed by atoms with van der Waals surface area (Å²) in [5.74, 6) is -0.425. The highest BCUT2D eigenvalue weighted by atomic mass is 19.2. The van der Waals surface area contributed by atoms with Crippen LogP contribution in [-0.4, -0.2) is 28.0 Å². The molecule has 0 radical (unpaired) electrons. The van der Waals surface area contributed by atoms with E-state index >= 15 is 0 Å². The van der Waals surface area contributed by atoms with Crippen LogP contribution in [0.2, 0.25) is 0 Å². The first-order valence-electron chi connectivity index (χ1n) is 8.90. The molecule has 3 heterocycles. The number of aromatic nitrogens is 3. The highest BCUT2D eigenvalue weighted by Crippen LogP contribution is 2.24. The van der Waals surface area contributed by atoms with Crippen LogP contribution in [0.15, 0.2) is 42.6 Å². The van der Waals surface area contributed by atoms with Crippen LogP contribution in [0.25, 0.3) is 11.5 Å². The van der Waals surface area contributed by atoms with E-state index in [1.165, 1.54) is 6.07 Å². The molecule has 1 aliphatic heterocycles. The Hall–Kier alpha value is -2.93. The first kappa shape index (κ1) is 17.5. The van der Waals surface area contributed by atoms with Crippen molar-refractivity contribution in [3.05, 3.63) is 71.1 Å². The molecule has 0 aliphatic carbocycles. The number of hydrogen-bond donors (Lipinski definition) is 2. The second kappa shape index (κ2) is 7.75. The van der Waals surface area contributed by atoms with Crippen molar-refractivity contribution in [2.45, 2.75) is 19.4 Å². The Morgan fingerprint density at radius 3 is 2.70 bits per heavy atom. The van der Waals surface area contributed by atoms with Gasteiger partial charge in [0.1, 0.15) is 11.5 Å². The predicted molar refractivity (Wildman–Crippen MR) is 99.2 cm³/mol. The number of hydrogen-bond acceptors (Lipinski definition) is 5. The molecule has 0 fully saturated rings. The number of halogens is 2. The molecule has 5 nitrogen and oxygen atoms in total. The van der Waals surface area contributed by atoms with Crippen LogP contribution in [0, 0.1) is 11.6 Å². The van der Waals surface area contributed by atoms with Gasteiger partial charge in [0.25, 0.3) is 0 Å². The Morgan fingerprint density at radius 1 is 1.00 bits per heavy atom. The smallest absolute Gasteiger partial charge is 0.180 e. The molecule has 0 saturated carbocycles. The lowest BCUT2D eigenvalue weighted by atomic mass is 10.1. The molecule has 2 N–H and O–H groups in total. The van der Waals surface area contributed by atoms with Crippen LogP contribution in [-0.2, 0) is 19.4 Å². The fourth-order valence-corrected chi connectivity index (χ4v) is 3.14. The molecule has 0 amide bonds. The molecular formula is C20H19F2N5. The molecule has 2 aromatic heterocycles. The van der Waals surface area contributed by atoms with E-state index in [-0.39, 0.29) is 0 Å². The molecule has 27 heavy (non-hydrogen) atoms. The van der Waals surface area contributed by atoms with Gasteiger partial charge in [0.05, 0.1) is 5.69 Å². The van der Waals surface area contributed by atoms with Gasteiger partial charge >= 0.3 is 0 Å². The van der Waals surface area contributed by atoms with Crippen LogP contribution in [0.1, 0.15) is 16.8 Å². The van der Waals surface area contributed by atoms with E-state index in [2.05, 4.69) is 20.6 Å². The molecule has 0 unspecified atom stereocenters. The average molecular weight is 367 g/mol. The summed E-state index contributed by atoms with van der Waals surface area (Å²) in [7, 11) is 0. The minimum atomic E-state index is -0.853. The van der Waals surface area contributed by atoms with Gasteiger partial charge in [-0.2, -0.15) is 0 Å². The van der Waals surface area contributed by atoms with Gasteiger partial charge < -0.3 is 10.6 Å². The summed E-state index contributed by atoms with van der Waals surface area (Å²) in [5.41, 5.74) is 3.39. The number of pyridine rings is 1. The highest BCUT2D eigenvalue weighted by Gasteiger charge is 2.18. The fourth-order valence-electron chi connectivity index (χ4n) is 3.14. The van der Waals surface area contributed by atoms with Crippen LogP contribution in [0.5, 0.6) is 0 Å². The zero-order chi connectivity index (χ0) is 18.6. The third-order valence-electron chi connectivity index (χ3n) is 4.52. The van der Waals surface area contributed by atoms with Gasteiger partial charge in [-0.1, -0.05) is 12.1 Å². The number of anilines is 1. The molecule has 3 aromatic rings. The lowest BCUT2D eigenvalue weighted by Gasteiger charge is -2.15. The van der Waals surface area contributed by atoms with Crippen molar-refractivity contribution >= 4 is 5.82 Å². The number of nitrogens with zero attached hydrogens (tertiary/aromatic N) is 3. The summed E-state index contributed by atoms with van der Waals surface area (Å²) >= 11 is 0. The number of benzene rings is 1. The van der Waals surface area contributed by atoms with Gasteiger partial charge in [-0.3, -0.25) is 4.98 Å². The van der Waals surface area contributed by atoms with Gasteiger partial charge in [-0.05, 0) is 42.8 Å². The largest absolute Gasteiger partial charge is 0.366 e. The summed E-state index contributed by atoms with van der Waals surface area (Å²) in [4.78, 5) is 13.7. The molecule has 0 bridgehead atoms. The number of rotatable bonds is 4. The zero-order valence-corrected chi connectivity index (χ0v) is 14.7. The van der Waals surface area contributed by atoms with E-state index in [9.17, 15) is 8.78 Å². The fraction of sp³-hybridized carbons (Fsp3) is 0.250. The molecule has 0 spiro atoms. The second-order valence-electron chi connectivity index (χ2n) is 6.39. The van der Waals surface area contributed by atoms with Crippen LogP contribution in [0.3, 0.4) is 0 Å². The van der Waals surface area contributed by atoms with E-state index in [1.807, 2.05) is 18.2 Å². The summed E-state index contributed by atoms with van der Waals surface area (Å²) < 4.78 is 26.6. The van der Waals surface area contributed by atoms with Crippen LogP contribution >= 0.6 is 0 Å². The highest BCUT2D eigenvalue weighted by molar-refractivity contribution is 5.57. The summed E-state index contributed by atoms with van der Waals surface area (Å²) in [5, 5.41) is 6.64. The van der Waals surface area contributed by atoms with E-state index in [0.29, 0.717) is 29.4 Å². The summed E-state index contributed by atoms with van der Waals surface area (Å²) in [6.07, 6.45) is 3.32. The monoisotopic (exact) mass is 367 g/mol. The van der Waals surface area contributed by atoms with E-state index < -0.39 is 11.6 Å². The maximum absolute atomic E-state index is 13.5. The van der Waals surface area contributed by atoms with Crippen LogP contribution < -0.4 is 10.6 Å². The van der Waals surface area contributed by atoms with E-state index in [4.69, 9.17) is 4.98 Å². The molecule has 7 heteroatoms. The molecule has 138 valence electrons. The Bertz CT molecular complexity index is 947. The van der Waals surface area contributed by atoms with Crippen molar-refractivity contribution in [3.8, 4) is 11.5 Å². The molecule has 4 rings (SSSR count). The first-order chi connectivity index (χ1) is 13.2. The topological polar surface area (TPSA) is 62.7 Å². The SMILES string of the molecule is Fc1ccc(CNc2nc(-c3ccccn3)nc3c2CCNCC3)cc1F. The van der Waals surface area contributed by atoms with Crippen molar-refractivity contribution in [1.29, 1.82) is 0 Å². The third kappa shape index (κ3) is 3.93. The second-order valence-corrected chi connectivity index (χ2v) is 6.39. The third-order valence-corrected chi connectivity index (χ3v) is 4.52. The minimum Gasteiger partial charge on any atom is -0.366 e. The zero-order valence-electron chi connectivity index (χ0n) is 14.7. The standard InChI is InChI=1S/C20H19F2N5/c21-15-5-4-13(11-16(15)22)12-25-19-14-6-9-23-10-7-17(14)26-20(27-19)18-3-1-2-8-24-18/h1-5,8,11,23H,6-7,9-10,12H2,(H,25,26,27). The molecule has 0 atom stereocenters. The van der Waals surface area contributed by atoms with E-state index in [1.54, 1.807) is 12.3 Å². The summed E-state index contributed by atoms with van der Waals surface area (Å²) in [6.45, 7) is 2.04. The Balaban J connectivity index is 1.68. The van der Waals surface area contributed by atoms with Gasteiger partial charge in [-0.25, -0.2) is 18.7 Å². The maximum Gasteiger partial charge on any atom is 0.180 e. The average Bonchev–Trinajstić information content (AvgIpc) is 2.95. The Kier molecular flexibility index (Phi) is 5.02. The van der Waals surface area contributed by atoms with Gasteiger partial charge in [0, 0.05) is 31.3 Å². The van der Waals surface area contributed by atoms with Gasteiger partial charge in [-0.15, -0.1) is 0 Å². The minimum absolute atomic E-state index is 0.343. The van der Waals surface area contributed by atoms with Crippen molar-refractivity contribution in [3.63, 3.8) is 0 Å². The lowest BCUT2D eigenvalue weighted by Crippen LogP contribution is -2.16. The molecule has 0 saturated heterocycles. The van der Waals surface area contributed by atoms with Crippen molar-refractivity contribution in [2.75, 3.05) is 18.4 Å². The lowest BCUT2D eigenvalue weighted by molar-refractivity contribution is 0.507. The van der Waals surface area contributed by atoms with Gasteiger partial charge in [0.15, 0.2) is 17.5 Å². The molecule has 1 aromatic carbocycles. The Labute approximate surface area is 155 Å². The maximum atomic E-state index is 13.5. The Morgan fingerprint density at radius 2 is 1.89 bits per heavy atom. The van der Waals surface area contributed by atoms with Crippen molar-refractivity contribution in [2.24, 2.45) is 0 Å².